The number of anilines is 1. The van der Waals surface area contributed by atoms with Gasteiger partial charge in [-0.3, -0.25) is 4.79 Å². The molecule has 1 aliphatic heterocycles. The molecule has 122 valence electrons. The van der Waals surface area contributed by atoms with Crippen molar-refractivity contribution >= 4 is 21.7 Å². The fourth-order valence-corrected chi connectivity index (χ4v) is 3.28. The highest BCUT2D eigenvalue weighted by Gasteiger charge is 2.24. The summed E-state index contributed by atoms with van der Waals surface area (Å²) < 4.78 is 30.2. The van der Waals surface area contributed by atoms with E-state index in [1.54, 1.807) is 17.1 Å². The Morgan fingerprint density at radius 1 is 1.32 bits per heavy atom. The zero-order valence-corrected chi connectivity index (χ0v) is 13.0. The van der Waals surface area contributed by atoms with Crippen molar-refractivity contribution in [1.82, 2.24) is 9.84 Å². The van der Waals surface area contributed by atoms with Crippen LogP contribution in [0.5, 0.6) is 0 Å². The molecule has 9 heteroatoms. The Bertz CT molecular complexity index is 628. The predicted molar refractivity (Wildman–Crippen MR) is 79.9 cm³/mol. The van der Waals surface area contributed by atoms with Crippen LogP contribution in [-0.2, 0) is 19.6 Å². The summed E-state index contributed by atoms with van der Waals surface area (Å²) in [7, 11) is -3.80. The van der Waals surface area contributed by atoms with E-state index in [4.69, 9.17) is 9.84 Å². The first kappa shape index (κ1) is 16.7. The van der Waals surface area contributed by atoms with Gasteiger partial charge in [-0.15, -0.1) is 4.83 Å². The van der Waals surface area contributed by atoms with E-state index in [2.05, 4.69) is 10.1 Å². The van der Waals surface area contributed by atoms with Crippen LogP contribution in [0.2, 0.25) is 0 Å². The largest absolute Gasteiger partial charge is 0.480 e. The summed E-state index contributed by atoms with van der Waals surface area (Å²) in [6, 6.07) is 5.29. The third-order valence-electron chi connectivity index (χ3n) is 3.18. The molecule has 8 nitrogen and oxygen atoms in total. The molecular weight excluding hydrogens is 310 g/mol. The number of carboxylic acid groups (broad SMARTS) is 1. The minimum atomic E-state index is -3.80. The smallest absolute Gasteiger partial charge is 0.325 e. The van der Waals surface area contributed by atoms with Crippen LogP contribution < -0.4 is 10.1 Å². The van der Waals surface area contributed by atoms with Crippen molar-refractivity contribution in [1.29, 1.82) is 0 Å². The Hall–Kier alpha value is -1.68. The quantitative estimate of drug-likeness (QED) is 0.679. The number of morpholine rings is 1. The van der Waals surface area contributed by atoms with Gasteiger partial charge in [0.25, 0.3) is 10.0 Å². The van der Waals surface area contributed by atoms with E-state index in [9.17, 15) is 13.2 Å². The van der Waals surface area contributed by atoms with Crippen LogP contribution in [0.1, 0.15) is 6.92 Å². The number of nitrogens with one attached hydrogen (secondary N) is 2. The number of sulfonamides is 1. The van der Waals surface area contributed by atoms with Gasteiger partial charge in [0.05, 0.1) is 18.9 Å². The first-order valence-electron chi connectivity index (χ1n) is 6.83. The van der Waals surface area contributed by atoms with E-state index in [1.165, 1.54) is 19.1 Å². The number of hydrogen-bond donors (Lipinski definition) is 3. The van der Waals surface area contributed by atoms with Gasteiger partial charge in [0, 0.05) is 13.1 Å². The zero-order chi connectivity index (χ0) is 16.2. The van der Waals surface area contributed by atoms with Gasteiger partial charge in [-0.2, -0.15) is 0 Å². The van der Waals surface area contributed by atoms with Gasteiger partial charge in [-0.05, 0) is 19.1 Å². The van der Waals surface area contributed by atoms with Crippen molar-refractivity contribution in [2.75, 3.05) is 31.6 Å². The third kappa shape index (κ3) is 4.17. The zero-order valence-electron chi connectivity index (χ0n) is 12.2. The first-order valence-corrected chi connectivity index (χ1v) is 8.32. The average Bonchev–Trinajstić information content (AvgIpc) is 2.48. The summed E-state index contributed by atoms with van der Waals surface area (Å²) in [6.45, 7) is 3.28. The number of para-hydroxylation sites is 1. The molecule has 0 aliphatic carbocycles. The lowest BCUT2D eigenvalue weighted by Crippen LogP contribution is -2.48. The number of nitrogens with zero attached hydrogens (tertiary/aromatic N) is 1. The molecule has 1 saturated heterocycles. The monoisotopic (exact) mass is 329 g/mol. The number of hydrazine groups is 1. The normalized spacial score (nSPS) is 17.9. The Kier molecular flexibility index (Phi) is 5.35. The lowest BCUT2D eigenvalue weighted by atomic mass is 10.2. The van der Waals surface area contributed by atoms with Crippen molar-refractivity contribution in [3.8, 4) is 0 Å². The van der Waals surface area contributed by atoms with E-state index in [1.807, 2.05) is 0 Å². The van der Waals surface area contributed by atoms with E-state index >= 15 is 0 Å². The minimum absolute atomic E-state index is 0.00888. The van der Waals surface area contributed by atoms with Gasteiger partial charge < -0.3 is 15.2 Å². The van der Waals surface area contributed by atoms with Gasteiger partial charge in [-0.25, -0.2) is 13.4 Å². The van der Waals surface area contributed by atoms with E-state index < -0.39 is 22.0 Å². The lowest BCUT2D eigenvalue weighted by Gasteiger charge is -2.27. The maximum absolute atomic E-state index is 12.5. The Morgan fingerprint density at radius 3 is 2.59 bits per heavy atom. The Morgan fingerprint density at radius 2 is 1.95 bits per heavy atom. The molecule has 0 spiro atoms. The number of rotatable bonds is 6. The van der Waals surface area contributed by atoms with Crippen LogP contribution in [0, 0.1) is 0 Å². The van der Waals surface area contributed by atoms with Gasteiger partial charge in [-0.1, -0.05) is 12.1 Å². The second-order valence-electron chi connectivity index (χ2n) is 4.89. The molecule has 1 heterocycles. The van der Waals surface area contributed by atoms with Crippen molar-refractivity contribution in [2.45, 2.75) is 17.9 Å². The third-order valence-corrected chi connectivity index (χ3v) is 4.61. The van der Waals surface area contributed by atoms with Crippen LogP contribution >= 0.6 is 0 Å². The van der Waals surface area contributed by atoms with Crippen LogP contribution in [0.3, 0.4) is 0 Å². The van der Waals surface area contributed by atoms with E-state index in [-0.39, 0.29) is 10.6 Å². The summed E-state index contributed by atoms with van der Waals surface area (Å²) in [5.41, 5.74) is 0.248. The maximum Gasteiger partial charge on any atom is 0.325 e. The second-order valence-corrected chi connectivity index (χ2v) is 6.52. The van der Waals surface area contributed by atoms with Gasteiger partial charge in [0.2, 0.25) is 0 Å². The number of benzene rings is 1. The fraction of sp³-hybridized carbons (Fsp3) is 0.462. The molecule has 1 aromatic carbocycles. The number of hydrogen-bond acceptors (Lipinski definition) is 6. The molecule has 0 amide bonds. The highest BCUT2D eigenvalue weighted by Crippen LogP contribution is 2.21. The van der Waals surface area contributed by atoms with Crippen molar-refractivity contribution in [3.05, 3.63) is 24.3 Å². The lowest BCUT2D eigenvalue weighted by molar-refractivity contribution is -0.137. The van der Waals surface area contributed by atoms with Gasteiger partial charge in [0.15, 0.2) is 0 Å². The maximum atomic E-state index is 12.5. The van der Waals surface area contributed by atoms with Crippen LogP contribution in [0.25, 0.3) is 0 Å². The van der Waals surface area contributed by atoms with Crippen LogP contribution in [0.15, 0.2) is 29.2 Å². The molecule has 3 N–H and O–H groups in total. The molecule has 0 bridgehead atoms. The summed E-state index contributed by atoms with van der Waals surface area (Å²) in [5.74, 6) is -1.06. The number of carboxylic acids is 1. The molecule has 22 heavy (non-hydrogen) atoms. The van der Waals surface area contributed by atoms with Crippen LogP contribution in [0.4, 0.5) is 5.69 Å². The molecule has 0 radical (unpaired) electrons. The van der Waals surface area contributed by atoms with E-state index in [0.29, 0.717) is 26.3 Å². The molecule has 1 aromatic rings. The number of carbonyl (C=O) groups is 1. The number of aliphatic carboxylic acids is 1. The van der Waals surface area contributed by atoms with Crippen molar-refractivity contribution in [3.63, 3.8) is 0 Å². The standard InChI is InChI=1S/C13H19N3O5S/c1-10(13(17)18)14-11-4-2-3-5-12(11)22(19,20)15-16-6-8-21-9-7-16/h2-5,10,14-15H,6-9H2,1H3,(H,17,18). The molecule has 0 aromatic heterocycles. The Balaban J connectivity index is 2.20. The first-order chi connectivity index (χ1) is 10.4. The molecule has 1 aliphatic rings. The summed E-state index contributed by atoms with van der Waals surface area (Å²) in [6.07, 6.45) is 0. The van der Waals surface area contributed by atoms with Gasteiger partial charge in [0.1, 0.15) is 10.9 Å². The topological polar surface area (TPSA) is 108 Å². The number of ether oxygens (including phenoxy) is 1. The van der Waals surface area contributed by atoms with Gasteiger partial charge >= 0.3 is 5.97 Å². The minimum Gasteiger partial charge on any atom is -0.480 e. The summed E-state index contributed by atoms with van der Waals surface area (Å²) >= 11 is 0. The molecule has 1 fully saturated rings. The van der Waals surface area contributed by atoms with E-state index in [0.717, 1.165) is 0 Å². The average molecular weight is 329 g/mol. The van der Waals surface area contributed by atoms with Crippen molar-refractivity contribution < 1.29 is 23.1 Å². The highest BCUT2D eigenvalue weighted by atomic mass is 32.2. The van der Waals surface area contributed by atoms with Crippen molar-refractivity contribution in [2.24, 2.45) is 0 Å². The fourth-order valence-electron chi connectivity index (χ4n) is 1.99. The molecular formula is C13H19N3O5S. The molecule has 0 saturated carbocycles. The SMILES string of the molecule is CC(Nc1ccccc1S(=O)(=O)NN1CCOCC1)C(=O)O. The highest BCUT2D eigenvalue weighted by molar-refractivity contribution is 7.89. The second kappa shape index (κ2) is 7.05. The Labute approximate surface area is 129 Å². The molecule has 1 unspecified atom stereocenters. The summed E-state index contributed by atoms with van der Waals surface area (Å²) in [4.78, 5) is 13.4. The summed E-state index contributed by atoms with van der Waals surface area (Å²) in [5, 5.41) is 13.2. The molecule has 2 rings (SSSR count). The predicted octanol–water partition coefficient (Wildman–Crippen LogP) is 0.0971. The van der Waals surface area contributed by atoms with Crippen LogP contribution in [-0.4, -0.2) is 56.8 Å². The molecule has 1 atom stereocenters.